The molecule has 36 heavy (non-hydrogen) atoms. The van der Waals surface area contributed by atoms with Crippen molar-refractivity contribution in [3.05, 3.63) is 57.9 Å². The molecule has 1 aromatic rings. The van der Waals surface area contributed by atoms with E-state index in [2.05, 4.69) is 17.0 Å². The highest BCUT2D eigenvalue weighted by atomic mass is 19.1. The number of methoxy groups -OCH3 is 1. The van der Waals surface area contributed by atoms with Gasteiger partial charge in [-0.05, 0) is 76.2 Å². The van der Waals surface area contributed by atoms with Crippen LogP contribution in [-0.4, -0.2) is 43.8 Å². The number of hydrogen-bond donors (Lipinski definition) is 1. The van der Waals surface area contributed by atoms with E-state index in [9.17, 15) is 18.8 Å². The van der Waals surface area contributed by atoms with Gasteiger partial charge in [0.2, 0.25) is 5.76 Å². The van der Waals surface area contributed by atoms with Gasteiger partial charge in [0.15, 0.2) is 11.5 Å². The fourth-order valence-corrected chi connectivity index (χ4v) is 3.61. The number of amides is 1. The Balaban J connectivity index is 3.09. The Morgan fingerprint density at radius 2 is 1.61 bits per heavy atom. The predicted molar refractivity (Wildman–Crippen MR) is 136 cm³/mol. The average Bonchev–Trinajstić information content (AvgIpc) is 2.78. The SMILES string of the molecule is C=N/C(C(=O)N[C@@H](C)C(=O)O[C@@H](C)[C@@H](C)c1c(C)cc(F)cc1C)=C(OC(=O)C(C)C)\C(=C/C)OC. The van der Waals surface area contributed by atoms with Crippen molar-refractivity contribution < 1.29 is 33.0 Å². The summed E-state index contributed by atoms with van der Waals surface area (Å²) in [5, 5.41) is 2.50. The second-order valence-electron chi connectivity index (χ2n) is 8.85. The molecule has 0 saturated carbocycles. The topological polar surface area (TPSA) is 103 Å². The number of benzene rings is 1. The molecule has 0 unspecified atom stereocenters. The number of esters is 2. The smallest absolute Gasteiger partial charge is 0.328 e. The summed E-state index contributed by atoms with van der Waals surface area (Å²) in [7, 11) is 1.35. The van der Waals surface area contributed by atoms with Gasteiger partial charge >= 0.3 is 11.9 Å². The number of ether oxygens (including phenoxy) is 3. The van der Waals surface area contributed by atoms with Crippen molar-refractivity contribution in [1.82, 2.24) is 5.32 Å². The van der Waals surface area contributed by atoms with Crippen LogP contribution in [0.4, 0.5) is 4.39 Å². The number of rotatable bonds is 11. The van der Waals surface area contributed by atoms with Gasteiger partial charge < -0.3 is 19.5 Å². The number of hydrogen-bond acceptors (Lipinski definition) is 7. The normalized spacial score (nSPS) is 14.8. The quantitative estimate of drug-likeness (QED) is 0.155. The van der Waals surface area contributed by atoms with Crippen LogP contribution in [0.1, 0.15) is 64.2 Å². The number of halogens is 1. The summed E-state index contributed by atoms with van der Waals surface area (Å²) < 4.78 is 29.9. The lowest BCUT2D eigenvalue weighted by molar-refractivity contribution is -0.152. The van der Waals surface area contributed by atoms with Crippen molar-refractivity contribution in [2.45, 2.75) is 73.5 Å². The van der Waals surface area contributed by atoms with Crippen molar-refractivity contribution in [1.29, 1.82) is 0 Å². The van der Waals surface area contributed by atoms with Crippen LogP contribution in [0.2, 0.25) is 0 Å². The maximum Gasteiger partial charge on any atom is 0.328 e. The second-order valence-corrected chi connectivity index (χ2v) is 8.85. The van der Waals surface area contributed by atoms with Crippen LogP contribution >= 0.6 is 0 Å². The van der Waals surface area contributed by atoms with Crippen LogP contribution in [0.5, 0.6) is 0 Å². The summed E-state index contributed by atoms with van der Waals surface area (Å²) in [6.07, 6.45) is 0.944. The highest BCUT2D eigenvalue weighted by molar-refractivity contribution is 5.97. The molecule has 1 rings (SSSR count). The highest BCUT2D eigenvalue weighted by Gasteiger charge is 2.28. The molecule has 0 bridgehead atoms. The molecule has 8 nitrogen and oxygen atoms in total. The monoisotopic (exact) mass is 504 g/mol. The van der Waals surface area contributed by atoms with Crippen LogP contribution < -0.4 is 5.32 Å². The van der Waals surface area contributed by atoms with Crippen molar-refractivity contribution in [2.75, 3.05) is 7.11 Å². The summed E-state index contributed by atoms with van der Waals surface area (Å²) >= 11 is 0. The maximum atomic E-state index is 13.7. The first-order valence-electron chi connectivity index (χ1n) is 11.7. The average molecular weight is 505 g/mol. The molecular formula is C27H37FN2O6. The minimum Gasteiger partial charge on any atom is -0.493 e. The van der Waals surface area contributed by atoms with Crippen molar-refractivity contribution in [3.8, 4) is 0 Å². The third-order valence-electron chi connectivity index (χ3n) is 5.69. The number of aliphatic imine (C=N–C) groups is 1. The molecule has 0 aliphatic carbocycles. The lowest BCUT2D eigenvalue weighted by atomic mass is 9.88. The molecule has 1 amide bonds. The minimum absolute atomic E-state index is 0.101. The minimum atomic E-state index is -1.06. The number of allylic oxidation sites excluding steroid dienone is 1. The Hall–Kier alpha value is -3.49. The predicted octanol–water partition coefficient (Wildman–Crippen LogP) is 4.64. The van der Waals surface area contributed by atoms with Gasteiger partial charge in [0.1, 0.15) is 18.0 Å². The summed E-state index contributed by atoms with van der Waals surface area (Å²) in [6, 6.07) is 1.82. The summed E-state index contributed by atoms with van der Waals surface area (Å²) in [6.45, 7) is 17.0. The second kappa shape index (κ2) is 13.6. The van der Waals surface area contributed by atoms with Gasteiger partial charge in [0, 0.05) is 5.92 Å². The van der Waals surface area contributed by atoms with Crippen LogP contribution in [0.25, 0.3) is 0 Å². The van der Waals surface area contributed by atoms with E-state index in [1.54, 1.807) is 41.5 Å². The Morgan fingerprint density at radius 1 is 1.06 bits per heavy atom. The molecule has 0 heterocycles. The van der Waals surface area contributed by atoms with E-state index in [0.717, 1.165) is 16.7 Å². The molecule has 0 aliphatic rings. The fourth-order valence-electron chi connectivity index (χ4n) is 3.61. The van der Waals surface area contributed by atoms with Crippen LogP contribution in [0.3, 0.4) is 0 Å². The highest BCUT2D eigenvalue weighted by Crippen LogP contribution is 2.29. The molecule has 1 aromatic carbocycles. The zero-order valence-electron chi connectivity index (χ0n) is 22.5. The first kappa shape index (κ1) is 30.5. The molecular weight excluding hydrogens is 467 g/mol. The van der Waals surface area contributed by atoms with E-state index < -0.39 is 35.9 Å². The van der Waals surface area contributed by atoms with Crippen molar-refractivity contribution in [3.63, 3.8) is 0 Å². The van der Waals surface area contributed by atoms with E-state index in [4.69, 9.17) is 14.2 Å². The molecule has 3 atom stereocenters. The van der Waals surface area contributed by atoms with Gasteiger partial charge in [-0.1, -0.05) is 20.8 Å². The molecule has 0 aromatic heterocycles. The zero-order valence-corrected chi connectivity index (χ0v) is 22.5. The third-order valence-corrected chi connectivity index (χ3v) is 5.69. The molecule has 0 fully saturated rings. The van der Waals surface area contributed by atoms with E-state index in [-0.39, 0.29) is 29.0 Å². The van der Waals surface area contributed by atoms with Gasteiger partial charge in [-0.2, -0.15) is 0 Å². The van der Waals surface area contributed by atoms with Gasteiger partial charge in [-0.3, -0.25) is 14.6 Å². The van der Waals surface area contributed by atoms with Crippen LogP contribution in [0, 0.1) is 25.6 Å². The molecule has 0 radical (unpaired) electrons. The largest absolute Gasteiger partial charge is 0.493 e. The first-order chi connectivity index (χ1) is 16.8. The van der Waals surface area contributed by atoms with E-state index in [1.165, 1.54) is 32.2 Å². The first-order valence-corrected chi connectivity index (χ1v) is 11.7. The number of aryl methyl sites for hydroxylation is 2. The van der Waals surface area contributed by atoms with Gasteiger partial charge in [-0.25, -0.2) is 9.18 Å². The maximum absolute atomic E-state index is 13.7. The third kappa shape index (κ3) is 7.76. The summed E-state index contributed by atoms with van der Waals surface area (Å²) in [4.78, 5) is 41.6. The fraction of sp³-hybridized carbons (Fsp3) is 0.481. The Bertz CT molecular complexity index is 1040. The molecule has 1 N–H and O–H groups in total. The zero-order chi connectivity index (χ0) is 27.7. The number of carbonyl (C=O) groups excluding carboxylic acids is 3. The molecule has 0 aliphatic heterocycles. The van der Waals surface area contributed by atoms with Crippen molar-refractivity contribution in [2.24, 2.45) is 10.9 Å². The Labute approximate surface area is 212 Å². The number of nitrogens with zero attached hydrogens (tertiary/aromatic N) is 1. The van der Waals surface area contributed by atoms with Crippen LogP contribution in [-0.2, 0) is 28.6 Å². The Kier molecular flexibility index (Phi) is 11.5. The summed E-state index contributed by atoms with van der Waals surface area (Å²) in [5.41, 5.74) is 2.09. The Morgan fingerprint density at radius 3 is 2.06 bits per heavy atom. The number of carbonyl (C=O) groups is 3. The van der Waals surface area contributed by atoms with Gasteiger partial charge in [0.25, 0.3) is 5.91 Å². The molecule has 0 spiro atoms. The van der Waals surface area contributed by atoms with Gasteiger partial charge in [-0.15, -0.1) is 0 Å². The number of nitrogens with one attached hydrogen (secondary N) is 1. The van der Waals surface area contributed by atoms with E-state index in [1.807, 2.05) is 6.92 Å². The molecule has 0 saturated heterocycles. The lowest BCUT2D eigenvalue weighted by Gasteiger charge is -2.25. The van der Waals surface area contributed by atoms with E-state index in [0.29, 0.717) is 0 Å². The van der Waals surface area contributed by atoms with Crippen LogP contribution in [0.15, 0.2) is 40.4 Å². The van der Waals surface area contributed by atoms with Gasteiger partial charge in [0.05, 0.1) is 13.0 Å². The van der Waals surface area contributed by atoms with Crippen molar-refractivity contribution >= 4 is 24.6 Å². The standard InChI is InChI=1S/C27H37FN2O6/c1-11-21(34-10)24(36-26(32)14(2)3)23(29-9)25(31)30-18(7)27(33)35-19(8)17(6)22-15(4)12-20(28)13-16(22)5/h11-14,17-19H,9H2,1-8,10H3,(H,30,31)/b21-11+,24-23+/t17-,18+,19+/m1/s1. The molecule has 198 valence electrons. The summed E-state index contributed by atoms with van der Waals surface area (Å²) in [5.74, 6) is -3.21. The lowest BCUT2D eigenvalue weighted by Crippen LogP contribution is -2.42. The molecule has 9 heteroatoms. The van der Waals surface area contributed by atoms with E-state index >= 15 is 0 Å².